The van der Waals surface area contributed by atoms with Crippen LogP contribution in [0.3, 0.4) is 0 Å². The van der Waals surface area contributed by atoms with Crippen LogP contribution in [0.25, 0.3) is 22.2 Å². The van der Waals surface area contributed by atoms with Crippen molar-refractivity contribution in [1.82, 2.24) is 8.75 Å². The highest BCUT2D eigenvalue weighted by molar-refractivity contribution is 9.10. The fraction of sp³-hybridized carbons (Fsp3) is 0. The molecule has 0 amide bonds. The number of nitrogens with zero attached hydrogens (tertiary/aromatic N) is 2. The van der Waals surface area contributed by atoms with Crippen molar-refractivity contribution in [2.75, 3.05) is 5.32 Å². The Hall–Kier alpha value is -2.24. The Morgan fingerprint density at radius 1 is 0.739 bits per heavy atom. The lowest BCUT2D eigenvalue weighted by molar-refractivity contribution is 1.54. The predicted molar refractivity (Wildman–Crippen MR) is 100 cm³/mol. The van der Waals surface area contributed by atoms with E-state index in [9.17, 15) is 0 Å². The Balaban J connectivity index is 1.67. The minimum absolute atomic E-state index is 0.916. The molecule has 0 fully saturated rings. The number of halogens is 1. The van der Waals surface area contributed by atoms with Crippen molar-refractivity contribution in [3.8, 4) is 11.1 Å². The molecule has 1 heterocycles. The molecule has 0 saturated carbocycles. The van der Waals surface area contributed by atoms with Crippen LogP contribution < -0.4 is 5.32 Å². The van der Waals surface area contributed by atoms with Crippen molar-refractivity contribution in [2.24, 2.45) is 0 Å². The minimum atomic E-state index is 0.916. The Morgan fingerprint density at radius 3 is 2.22 bits per heavy atom. The summed E-state index contributed by atoms with van der Waals surface area (Å²) in [5.74, 6) is 0. The Bertz CT molecular complexity index is 949. The molecule has 0 atom stereocenters. The van der Waals surface area contributed by atoms with E-state index in [1.807, 2.05) is 36.4 Å². The molecule has 1 N–H and O–H groups in total. The van der Waals surface area contributed by atoms with Crippen LogP contribution in [0.5, 0.6) is 0 Å². The average molecular weight is 382 g/mol. The van der Waals surface area contributed by atoms with Gasteiger partial charge in [0.15, 0.2) is 0 Å². The van der Waals surface area contributed by atoms with Gasteiger partial charge in [-0.25, -0.2) is 0 Å². The summed E-state index contributed by atoms with van der Waals surface area (Å²) in [5, 5.41) is 3.39. The highest BCUT2D eigenvalue weighted by atomic mass is 79.9. The number of hydrogen-bond acceptors (Lipinski definition) is 4. The van der Waals surface area contributed by atoms with Gasteiger partial charge in [0.1, 0.15) is 11.0 Å². The summed E-state index contributed by atoms with van der Waals surface area (Å²) in [6.07, 6.45) is 0. The van der Waals surface area contributed by atoms with Gasteiger partial charge in [0.05, 0.1) is 11.7 Å². The summed E-state index contributed by atoms with van der Waals surface area (Å²) in [5.41, 5.74) is 6.23. The van der Waals surface area contributed by atoms with Gasteiger partial charge in [-0.2, -0.15) is 8.75 Å². The van der Waals surface area contributed by atoms with Crippen LogP contribution in [0.1, 0.15) is 0 Å². The van der Waals surface area contributed by atoms with Crippen molar-refractivity contribution < 1.29 is 0 Å². The summed E-state index contributed by atoms with van der Waals surface area (Å²) < 4.78 is 9.76. The maximum atomic E-state index is 4.43. The molecule has 0 bridgehead atoms. The first kappa shape index (κ1) is 14.4. The van der Waals surface area contributed by atoms with Crippen molar-refractivity contribution in [1.29, 1.82) is 0 Å². The molecule has 3 aromatic carbocycles. The maximum absolute atomic E-state index is 4.43. The predicted octanol–water partition coefficient (Wildman–Crippen LogP) is 5.86. The number of rotatable bonds is 3. The van der Waals surface area contributed by atoms with Crippen LogP contribution in [-0.2, 0) is 0 Å². The van der Waals surface area contributed by atoms with Crippen LogP contribution in [0.15, 0.2) is 71.2 Å². The largest absolute Gasteiger partial charge is 0.356 e. The zero-order chi connectivity index (χ0) is 15.6. The quantitative estimate of drug-likeness (QED) is 0.482. The molecule has 0 radical (unpaired) electrons. The molecule has 0 aliphatic carbocycles. The molecule has 4 aromatic rings. The van der Waals surface area contributed by atoms with Gasteiger partial charge in [0.25, 0.3) is 0 Å². The van der Waals surface area contributed by atoms with Crippen LogP contribution in [-0.4, -0.2) is 8.75 Å². The summed E-state index contributed by atoms with van der Waals surface area (Å²) in [6.45, 7) is 0. The van der Waals surface area contributed by atoms with E-state index >= 15 is 0 Å². The second kappa shape index (κ2) is 6.10. The van der Waals surface area contributed by atoms with E-state index in [0.717, 1.165) is 38.0 Å². The van der Waals surface area contributed by atoms with Gasteiger partial charge >= 0.3 is 0 Å². The number of fused-ring (bicyclic) bond motifs is 1. The number of benzene rings is 3. The molecule has 0 saturated heterocycles. The van der Waals surface area contributed by atoms with Gasteiger partial charge in [-0.3, -0.25) is 0 Å². The number of para-hydroxylation sites is 1. The molecule has 1 aromatic heterocycles. The number of nitrogens with one attached hydrogen (secondary N) is 1. The van der Waals surface area contributed by atoms with E-state index in [0.29, 0.717) is 0 Å². The molecule has 3 nitrogen and oxygen atoms in total. The van der Waals surface area contributed by atoms with E-state index in [4.69, 9.17) is 0 Å². The monoisotopic (exact) mass is 381 g/mol. The third kappa shape index (κ3) is 2.85. The molecular weight excluding hydrogens is 370 g/mol. The highest BCUT2D eigenvalue weighted by Gasteiger charge is 2.10. The fourth-order valence-corrected chi connectivity index (χ4v) is 3.59. The lowest BCUT2D eigenvalue weighted by Crippen LogP contribution is -1.89. The second-order valence-electron chi connectivity index (χ2n) is 5.12. The minimum Gasteiger partial charge on any atom is -0.356 e. The first-order valence-corrected chi connectivity index (χ1v) is 8.67. The van der Waals surface area contributed by atoms with Gasteiger partial charge in [0.2, 0.25) is 0 Å². The number of anilines is 2. The molecule has 5 heteroatoms. The molecular formula is C18H12BrN3S. The second-order valence-corrected chi connectivity index (χ2v) is 6.51. The van der Waals surface area contributed by atoms with Crippen molar-refractivity contribution in [3.63, 3.8) is 0 Å². The highest BCUT2D eigenvalue weighted by Crippen LogP contribution is 2.32. The van der Waals surface area contributed by atoms with Crippen LogP contribution >= 0.6 is 27.7 Å². The Kier molecular flexibility index (Phi) is 3.81. The SMILES string of the molecule is Brc1ccc(-c2ccc(Nc3ccccc3)cc2)c2nsnc12. The Morgan fingerprint density at radius 2 is 1.43 bits per heavy atom. The molecule has 0 aliphatic rings. The molecule has 0 unspecified atom stereocenters. The van der Waals surface area contributed by atoms with Crippen LogP contribution in [0.4, 0.5) is 11.4 Å². The smallest absolute Gasteiger partial charge is 0.119 e. The molecule has 112 valence electrons. The summed E-state index contributed by atoms with van der Waals surface area (Å²) in [6, 6.07) is 22.6. The van der Waals surface area contributed by atoms with E-state index in [1.54, 1.807) is 0 Å². The van der Waals surface area contributed by atoms with Crippen molar-refractivity contribution in [2.45, 2.75) is 0 Å². The zero-order valence-corrected chi connectivity index (χ0v) is 14.4. The first-order valence-electron chi connectivity index (χ1n) is 7.14. The summed E-state index contributed by atoms with van der Waals surface area (Å²) >= 11 is 4.76. The van der Waals surface area contributed by atoms with Crippen molar-refractivity contribution >= 4 is 50.1 Å². The Labute approximate surface area is 146 Å². The number of hydrogen-bond donors (Lipinski definition) is 1. The standard InChI is InChI=1S/C18H12BrN3S/c19-16-11-10-15(17-18(16)22-23-21-17)12-6-8-14(9-7-12)20-13-4-2-1-3-5-13/h1-11,20H. The zero-order valence-electron chi connectivity index (χ0n) is 12.0. The van der Waals surface area contributed by atoms with Gasteiger partial charge < -0.3 is 5.32 Å². The van der Waals surface area contributed by atoms with Crippen LogP contribution in [0.2, 0.25) is 0 Å². The van der Waals surface area contributed by atoms with Crippen molar-refractivity contribution in [3.05, 3.63) is 71.2 Å². The molecule has 0 aliphatic heterocycles. The first-order chi connectivity index (χ1) is 11.3. The van der Waals surface area contributed by atoms with Gasteiger partial charge in [0, 0.05) is 21.4 Å². The van der Waals surface area contributed by atoms with Gasteiger partial charge in [-0.15, -0.1) is 0 Å². The number of aromatic nitrogens is 2. The topological polar surface area (TPSA) is 37.8 Å². The maximum Gasteiger partial charge on any atom is 0.119 e. The lowest BCUT2D eigenvalue weighted by atomic mass is 10.0. The van der Waals surface area contributed by atoms with Gasteiger partial charge in [-0.1, -0.05) is 36.4 Å². The van der Waals surface area contributed by atoms with E-state index < -0.39 is 0 Å². The average Bonchev–Trinajstić information content (AvgIpc) is 3.08. The van der Waals surface area contributed by atoms with E-state index in [2.05, 4.69) is 60.3 Å². The third-order valence-corrected chi connectivity index (χ3v) is 4.79. The summed E-state index contributed by atoms with van der Waals surface area (Å²) in [4.78, 5) is 0. The fourth-order valence-electron chi connectivity index (χ4n) is 2.49. The third-order valence-electron chi connectivity index (χ3n) is 3.62. The van der Waals surface area contributed by atoms with E-state index in [1.165, 1.54) is 11.7 Å². The summed E-state index contributed by atoms with van der Waals surface area (Å²) in [7, 11) is 0. The lowest BCUT2D eigenvalue weighted by Gasteiger charge is -2.08. The van der Waals surface area contributed by atoms with E-state index in [-0.39, 0.29) is 0 Å². The molecule has 23 heavy (non-hydrogen) atoms. The molecule has 0 spiro atoms. The normalized spacial score (nSPS) is 10.8. The molecule has 4 rings (SSSR count). The van der Waals surface area contributed by atoms with Gasteiger partial charge in [-0.05, 0) is 51.8 Å². The van der Waals surface area contributed by atoms with Crippen LogP contribution in [0, 0.1) is 0 Å².